The second-order valence-corrected chi connectivity index (χ2v) is 8.63. The van der Waals surface area contributed by atoms with E-state index in [4.69, 9.17) is 4.74 Å². The van der Waals surface area contributed by atoms with Crippen LogP contribution in [0.25, 0.3) is 0 Å². The van der Waals surface area contributed by atoms with Crippen LogP contribution in [-0.2, 0) is 10.0 Å². The number of anilines is 1. The summed E-state index contributed by atoms with van der Waals surface area (Å²) < 4.78 is 32.4. The van der Waals surface area contributed by atoms with E-state index in [1.165, 1.54) is 4.31 Å². The molecule has 1 fully saturated rings. The van der Waals surface area contributed by atoms with E-state index in [0.717, 1.165) is 0 Å². The Bertz CT molecular complexity index is 884. The maximum Gasteiger partial charge on any atom is 0.256 e. The average molecular weight is 392 g/mol. The highest BCUT2D eigenvalue weighted by Gasteiger charge is 2.28. The van der Waals surface area contributed by atoms with Crippen molar-refractivity contribution in [3.63, 3.8) is 0 Å². The lowest BCUT2D eigenvalue weighted by molar-refractivity contribution is 0.102. The van der Waals surface area contributed by atoms with E-state index in [1.54, 1.807) is 55.2 Å². The van der Waals surface area contributed by atoms with E-state index in [9.17, 15) is 13.2 Å². The number of aromatic nitrogens is 2. The first-order valence-corrected chi connectivity index (χ1v) is 10.5. The highest BCUT2D eigenvalue weighted by Crippen LogP contribution is 2.27. The van der Waals surface area contributed by atoms with Crippen LogP contribution in [0.15, 0.2) is 36.5 Å². The normalized spacial score (nSPS) is 16.2. The van der Waals surface area contributed by atoms with E-state index >= 15 is 0 Å². The first-order valence-electron chi connectivity index (χ1n) is 8.91. The number of nitrogens with zero attached hydrogens (tertiary/aromatic N) is 3. The minimum absolute atomic E-state index is 0.0504. The summed E-state index contributed by atoms with van der Waals surface area (Å²) in [5, 5.41) is 7.22. The van der Waals surface area contributed by atoms with Gasteiger partial charge in [-0.1, -0.05) is 0 Å². The number of hydrogen-bond donors (Lipinski definition) is 1. The van der Waals surface area contributed by atoms with Gasteiger partial charge < -0.3 is 10.1 Å². The second kappa shape index (κ2) is 8.10. The zero-order chi connectivity index (χ0) is 19.4. The van der Waals surface area contributed by atoms with Gasteiger partial charge in [-0.05, 0) is 44.0 Å². The monoisotopic (exact) mass is 392 g/mol. The van der Waals surface area contributed by atoms with Gasteiger partial charge >= 0.3 is 0 Å². The fourth-order valence-corrected chi connectivity index (χ4v) is 4.31. The molecule has 0 radical (unpaired) electrons. The molecule has 0 spiro atoms. The summed E-state index contributed by atoms with van der Waals surface area (Å²) in [7, 11) is -1.59. The molecule has 1 aromatic heterocycles. The maximum absolute atomic E-state index is 12.5. The summed E-state index contributed by atoms with van der Waals surface area (Å²) in [6.45, 7) is 2.58. The first-order chi connectivity index (χ1) is 12.9. The van der Waals surface area contributed by atoms with E-state index in [1.807, 2.05) is 0 Å². The Morgan fingerprint density at radius 1 is 1.22 bits per heavy atom. The van der Waals surface area contributed by atoms with Gasteiger partial charge in [0.05, 0.1) is 25.1 Å². The number of piperidine rings is 1. The molecule has 0 atom stereocenters. The lowest BCUT2D eigenvalue weighted by Gasteiger charge is -2.31. The van der Waals surface area contributed by atoms with E-state index in [-0.39, 0.29) is 17.7 Å². The van der Waals surface area contributed by atoms with Crippen LogP contribution >= 0.6 is 0 Å². The summed E-state index contributed by atoms with van der Waals surface area (Å²) in [6, 6.07) is 8.66. The van der Waals surface area contributed by atoms with Crippen molar-refractivity contribution in [2.45, 2.75) is 25.8 Å². The third-order valence-electron chi connectivity index (χ3n) is 4.79. The topological polar surface area (TPSA) is 93.5 Å². The van der Waals surface area contributed by atoms with Crippen LogP contribution in [0, 0.1) is 0 Å². The molecule has 1 amide bonds. The molecular weight excluding hydrogens is 368 g/mol. The number of benzene rings is 1. The molecule has 0 unspecified atom stereocenters. The summed E-state index contributed by atoms with van der Waals surface area (Å²) >= 11 is 0. The van der Waals surface area contributed by atoms with Crippen LogP contribution in [0.1, 0.15) is 36.2 Å². The molecule has 3 rings (SSSR count). The summed E-state index contributed by atoms with van der Waals surface area (Å²) in [4.78, 5) is 12.5. The van der Waals surface area contributed by atoms with Gasteiger partial charge in [0.15, 0.2) is 0 Å². The molecule has 27 heavy (non-hydrogen) atoms. The number of amides is 1. The summed E-state index contributed by atoms with van der Waals surface area (Å²) in [5.41, 5.74) is 0.521. The Morgan fingerprint density at radius 2 is 1.89 bits per heavy atom. The number of carbonyl (C=O) groups excluding carboxylic acids is 1. The standard InChI is InChI=1S/C18H24N4O4S/c1-3-27(24,25)21-12-9-15(10-13-21)22-17(8-11-19-22)20-18(23)14-4-6-16(26-2)7-5-14/h4-8,11,15H,3,9-10,12-13H2,1-2H3,(H,20,23). The predicted molar refractivity (Wildman–Crippen MR) is 102 cm³/mol. The highest BCUT2D eigenvalue weighted by atomic mass is 32.2. The molecule has 146 valence electrons. The van der Waals surface area contributed by atoms with Gasteiger partial charge in [0.25, 0.3) is 5.91 Å². The zero-order valence-electron chi connectivity index (χ0n) is 15.5. The van der Waals surface area contributed by atoms with Crippen molar-refractivity contribution in [3.8, 4) is 5.75 Å². The molecule has 0 saturated carbocycles. The fraction of sp³-hybridized carbons (Fsp3) is 0.444. The minimum Gasteiger partial charge on any atom is -0.497 e. The van der Waals surface area contributed by atoms with E-state index < -0.39 is 10.0 Å². The lowest BCUT2D eigenvalue weighted by Crippen LogP contribution is -2.40. The lowest BCUT2D eigenvalue weighted by atomic mass is 10.1. The number of nitrogens with one attached hydrogen (secondary N) is 1. The van der Waals surface area contributed by atoms with Gasteiger partial charge in [0, 0.05) is 24.7 Å². The highest BCUT2D eigenvalue weighted by molar-refractivity contribution is 7.89. The number of carbonyl (C=O) groups is 1. The van der Waals surface area contributed by atoms with Gasteiger partial charge in [0.2, 0.25) is 10.0 Å². The SMILES string of the molecule is CCS(=O)(=O)N1CCC(n2nccc2NC(=O)c2ccc(OC)cc2)CC1. The molecule has 0 aliphatic carbocycles. The van der Waals surface area contributed by atoms with Crippen molar-refractivity contribution in [2.24, 2.45) is 0 Å². The van der Waals surface area contributed by atoms with E-state index in [0.29, 0.717) is 43.1 Å². The van der Waals surface area contributed by atoms with Gasteiger partial charge in [-0.25, -0.2) is 17.4 Å². The number of sulfonamides is 1. The van der Waals surface area contributed by atoms with Crippen LogP contribution in [0.4, 0.5) is 5.82 Å². The molecule has 9 heteroatoms. The Labute approximate surface area is 159 Å². The molecule has 1 N–H and O–H groups in total. The quantitative estimate of drug-likeness (QED) is 0.813. The Hall–Kier alpha value is -2.39. The van der Waals surface area contributed by atoms with Crippen molar-refractivity contribution in [3.05, 3.63) is 42.1 Å². The number of rotatable bonds is 6. The van der Waals surface area contributed by atoms with Crippen LogP contribution in [0.2, 0.25) is 0 Å². The summed E-state index contributed by atoms with van der Waals surface area (Å²) in [5.74, 6) is 1.17. The van der Waals surface area contributed by atoms with E-state index in [2.05, 4.69) is 10.4 Å². The Balaban J connectivity index is 1.67. The van der Waals surface area contributed by atoms with Gasteiger partial charge in [-0.15, -0.1) is 0 Å². The van der Waals surface area contributed by atoms with Gasteiger partial charge in [-0.3, -0.25) is 4.79 Å². The van der Waals surface area contributed by atoms with Crippen molar-refractivity contribution in [1.82, 2.24) is 14.1 Å². The first kappa shape index (κ1) is 19.4. The third kappa shape index (κ3) is 4.30. The van der Waals surface area contributed by atoms with Crippen LogP contribution in [0.3, 0.4) is 0 Å². The predicted octanol–water partition coefficient (Wildman–Crippen LogP) is 2.13. The van der Waals surface area contributed by atoms with Crippen LogP contribution in [0.5, 0.6) is 5.75 Å². The molecule has 1 saturated heterocycles. The van der Waals surface area contributed by atoms with Crippen molar-refractivity contribution >= 4 is 21.7 Å². The molecular formula is C18H24N4O4S. The summed E-state index contributed by atoms with van der Waals surface area (Å²) in [6.07, 6.45) is 2.96. The molecule has 0 bridgehead atoms. The van der Waals surface area contributed by atoms with Gasteiger partial charge in [0.1, 0.15) is 11.6 Å². The fourth-order valence-electron chi connectivity index (χ4n) is 3.18. The molecule has 1 aliphatic heterocycles. The van der Waals surface area contributed by atoms with Crippen LogP contribution < -0.4 is 10.1 Å². The van der Waals surface area contributed by atoms with Gasteiger partial charge in [-0.2, -0.15) is 5.10 Å². The minimum atomic E-state index is -3.16. The smallest absolute Gasteiger partial charge is 0.256 e. The van der Waals surface area contributed by atoms with Crippen molar-refractivity contribution in [2.75, 3.05) is 31.3 Å². The molecule has 1 aliphatic rings. The molecule has 2 aromatic rings. The second-order valence-electron chi connectivity index (χ2n) is 6.37. The number of ether oxygens (including phenoxy) is 1. The van der Waals surface area contributed by atoms with Crippen LogP contribution in [-0.4, -0.2) is 54.4 Å². The number of hydrogen-bond acceptors (Lipinski definition) is 5. The Kier molecular flexibility index (Phi) is 5.81. The Morgan fingerprint density at radius 3 is 2.48 bits per heavy atom. The maximum atomic E-state index is 12.5. The average Bonchev–Trinajstić information content (AvgIpc) is 3.16. The zero-order valence-corrected chi connectivity index (χ0v) is 16.3. The van der Waals surface area contributed by atoms with Crippen molar-refractivity contribution < 1.29 is 17.9 Å². The molecule has 2 heterocycles. The molecule has 8 nitrogen and oxygen atoms in total. The molecule has 1 aromatic carbocycles. The number of methoxy groups -OCH3 is 1. The largest absolute Gasteiger partial charge is 0.497 e. The van der Waals surface area contributed by atoms with Crippen molar-refractivity contribution in [1.29, 1.82) is 0 Å². The third-order valence-corrected chi connectivity index (χ3v) is 6.67.